The zero-order chi connectivity index (χ0) is 20.7. The number of nitro benzene ring substituents is 1. The highest BCUT2D eigenvalue weighted by Crippen LogP contribution is 2.43. The van der Waals surface area contributed by atoms with Gasteiger partial charge in [0.25, 0.3) is 11.6 Å². The molecule has 0 saturated carbocycles. The molecule has 0 aliphatic carbocycles. The zero-order valence-electron chi connectivity index (χ0n) is 15.9. The minimum absolute atomic E-state index is 0.0128. The van der Waals surface area contributed by atoms with Crippen molar-refractivity contribution in [2.45, 2.75) is 19.9 Å². The van der Waals surface area contributed by atoms with Crippen LogP contribution in [0.5, 0.6) is 0 Å². The van der Waals surface area contributed by atoms with Gasteiger partial charge in [0.05, 0.1) is 16.7 Å². The Hall–Kier alpha value is -3.19. The van der Waals surface area contributed by atoms with Crippen LogP contribution in [-0.4, -0.2) is 32.5 Å². The summed E-state index contributed by atoms with van der Waals surface area (Å²) >= 11 is 6.01. The number of amides is 1. The lowest BCUT2D eigenvalue weighted by Crippen LogP contribution is -2.32. The Kier molecular flexibility index (Phi) is 4.84. The van der Waals surface area contributed by atoms with Crippen LogP contribution in [0.2, 0.25) is 5.02 Å². The molecule has 1 aliphatic rings. The summed E-state index contributed by atoms with van der Waals surface area (Å²) < 4.78 is 0. The number of halogens is 1. The van der Waals surface area contributed by atoms with E-state index in [1.807, 2.05) is 26.0 Å². The molecule has 2 aromatic carbocycles. The SMILES string of the molecule is CC(C)CN1C(=O)c2[nH]nc(-c3ccc(Cl)cc3)c2C1c1ccc([N+](=O)[O-])cc1. The van der Waals surface area contributed by atoms with Gasteiger partial charge in [-0.1, -0.05) is 37.6 Å². The Morgan fingerprint density at radius 3 is 2.41 bits per heavy atom. The number of hydrogen-bond donors (Lipinski definition) is 1. The van der Waals surface area contributed by atoms with Gasteiger partial charge < -0.3 is 4.90 Å². The first kappa shape index (κ1) is 19.1. The fourth-order valence-corrected chi connectivity index (χ4v) is 3.86. The van der Waals surface area contributed by atoms with E-state index in [-0.39, 0.29) is 23.6 Å². The van der Waals surface area contributed by atoms with Crippen LogP contribution in [0, 0.1) is 16.0 Å². The molecule has 4 rings (SSSR count). The Labute approximate surface area is 172 Å². The normalized spacial score (nSPS) is 15.8. The molecule has 1 atom stereocenters. The number of hydrogen-bond acceptors (Lipinski definition) is 4. The molecule has 3 aromatic rings. The number of aromatic amines is 1. The third-order valence-corrected chi connectivity index (χ3v) is 5.21. The number of nitro groups is 1. The minimum Gasteiger partial charge on any atom is -0.326 e. The highest BCUT2D eigenvalue weighted by atomic mass is 35.5. The minimum atomic E-state index is -0.433. The maximum absolute atomic E-state index is 13.1. The van der Waals surface area contributed by atoms with E-state index in [9.17, 15) is 14.9 Å². The summed E-state index contributed by atoms with van der Waals surface area (Å²) in [6.07, 6.45) is 0. The Morgan fingerprint density at radius 1 is 1.17 bits per heavy atom. The Balaban J connectivity index is 1.85. The van der Waals surface area contributed by atoms with Gasteiger partial charge in [-0.2, -0.15) is 5.10 Å². The van der Waals surface area contributed by atoms with Crippen molar-refractivity contribution in [2.24, 2.45) is 5.92 Å². The van der Waals surface area contributed by atoms with Crippen molar-refractivity contribution in [1.82, 2.24) is 15.1 Å². The van der Waals surface area contributed by atoms with Crippen LogP contribution in [0.4, 0.5) is 5.69 Å². The van der Waals surface area contributed by atoms with Gasteiger partial charge in [0.1, 0.15) is 5.69 Å². The van der Waals surface area contributed by atoms with Crippen LogP contribution in [0.3, 0.4) is 0 Å². The maximum atomic E-state index is 13.1. The monoisotopic (exact) mass is 410 g/mol. The summed E-state index contributed by atoms with van der Waals surface area (Å²) in [6, 6.07) is 13.3. The van der Waals surface area contributed by atoms with Gasteiger partial charge in [-0.15, -0.1) is 0 Å². The lowest BCUT2D eigenvalue weighted by Gasteiger charge is -2.27. The van der Waals surface area contributed by atoms with Crippen molar-refractivity contribution in [2.75, 3.05) is 6.54 Å². The lowest BCUT2D eigenvalue weighted by atomic mass is 9.95. The molecular weight excluding hydrogens is 392 g/mol. The number of nitrogens with one attached hydrogen (secondary N) is 1. The first-order valence-electron chi connectivity index (χ1n) is 9.26. The van der Waals surface area contributed by atoms with E-state index in [0.29, 0.717) is 23.0 Å². The molecule has 148 valence electrons. The smallest absolute Gasteiger partial charge is 0.273 e. The number of H-pyrrole nitrogens is 1. The van der Waals surface area contributed by atoms with Crippen LogP contribution in [0.15, 0.2) is 48.5 Å². The number of benzene rings is 2. The first-order valence-corrected chi connectivity index (χ1v) is 9.64. The number of aromatic nitrogens is 2. The van der Waals surface area contributed by atoms with Gasteiger partial charge in [0.2, 0.25) is 0 Å². The highest BCUT2D eigenvalue weighted by Gasteiger charge is 2.42. The second-order valence-corrected chi connectivity index (χ2v) is 7.91. The molecule has 1 amide bonds. The molecule has 1 aliphatic heterocycles. The molecule has 0 spiro atoms. The summed E-state index contributed by atoms with van der Waals surface area (Å²) in [5.74, 6) is 0.139. The number of carbonyl (C=O) groups excluding carboxylic acids is 1. The molecule has 1 unspecified atom stereocenters. The molecule has 0 bridgehead atoms. The predicted molar refractivity (Wildman–Crippen MR) is 110 cm³/mol. The molecule has 8 heteroatoms. The molecule has 2 heterocycles. The summed E-state index contributed by atoms with van der Waals surface area (Å²) in [5, 5.41) is 18.9. The first-order chi connectivity index (χ1) is 13.9. The second kappa shape index (κ2) is 7.33. The van der Waals surface area contributed by atoms with Crippen LogP contribution in [0.25, 0.3) is 11.3 Å². The van der Waals surface area contributed by atoms with Gasteiger partial charge in [-0.3, -0.25) is 20.0 Å². The summed E-state index contributed by atoms with van der Waals surface area (Å²) in [5.41, 5.74) is 3.59. The van der Waals surface area contributed by atoms with E-state index in [1.54, 1.807) is 29.2 Å². The largest absolute Gasteiger partial charge is 0.326 e. The average molecular weight is 411 g/mol. The third-order valence-electron chi connectivity index (χ3n) is 4.96. The number of non-ortho nitro benzene ring substituents is 1. The van der Waals surface area contributed by atoms with Crippen molar-refractivity contribution < 1.29 is 9.72 Å². The Bertz CT molecular complexity index is 1070. The van der Waals surface area contributed by atoms with E-state index >= 15 is 0 Å². The Morgan fingerprint density at radius 2 is 1.83 bits per heavy atom. The number of rotatable bonds is 5. The average Bonchev–Trinajstić information content (AvgIpc) is 3.22. The standard InChI is InChI=1S/C21H19ClN4O3/c1-12(2)11-25-20(14-5-9-16(10-6-14)26(28)29)17-18(23-24-19(17)21(25)27)13-3-7-15(22)8-4-13/h3-10,12,20H,11H2,1-2H3,(H,23,24). The summed E-state index contributed by atoms with van der Waals surface area (Å²) in [6.45, 7) is 4.65. The molecule has 0 radical (unpaired) electrons. The van der Waals surface area contributed by atoms with Crippen molar-refractivity contribution in [3.05, 3.63) is 80.5 Å². The lowest BCUT2D eigenvalue weighted by molar-refractivity contribution is -0.384. The number of nitrogens with zero attached hydrogens (tertiary/aromatic N) is 3. The maximum Gasteiger partial charge on any atom is 0.273 e. The molecular formula is C21H19ClN4O3. The van der Waals surface area contributed by atoms with Gasteiger partial charge in [0, 0.05) is 34.8 Å². The molecule has 7 nitrogen and oxygen atoms in total. The molecule has 1 aromatic heterocycles. The van der Waals surface area contributed by atoms with Crippen molar-refractivity contribution in [3.8, 4) is 11.3 Å². The van der Waals surface area contributed by atoms with Gasteiger partial charge in [0.15, 0.2) is 0 Å². The van der Waals surface area contributed by atoms with E-state index < -0.39 is 4.92 Å². The quantitative estimate of drug-likeness (QED) is 0.481. The van der Waals surface area contributed by atoms with Crippen molar-refractivity contribution in [3.63, 3.8) is 0 Å². The fraction of sp³-hybridized carbons (Fsp3) is 0.238. The second-order valence-electron chi connectivity index (χ2n) is 7.47. The summed E-state index contributed by atoms with van der Waals surface area (Å²) in [4.78, 5) is 25.5. The van der Waals surface area contributed by atoms with E-state index in [0.717, 1.165) is 16.7 Å². The van der Waals surface area contributed by atoms with Crippen LogP contribution in [0.1, 0.15) is 41.5 Å². The highest BCUT2D eigenvalue weighted by molar-refractivity contribution is 6.30. The molecule has 0 fully saturated rings. The summed E-state index contributed by atoms with van der Waals surface area (Å²) in [7, 11) is 0. The van der Waals surface area contributed by atoms with Crippen LogP contribution >= 0.6 is 11.6 Å². The van der Waals surface area contributed by atoms with Gasteiger partial charge in [-0.25, -0.2) is 0 Å². The predicted octanol–water partition coefficient (Wildman–Crippen LogP) is 4.84. The third kappa shape index (κ3) is 3.38. The zero-order valence-corrected chi connectivity index (χ0v) is 16.7. The van der Waals surface area contributed by atoms with Crippen LogP contribution < -0.4 is 0 Å². The van der Waals surface area contributed by atoms with Gasteiger partial charge in [-0.05, 0) is 35.7 Å². The number of fused-ring (bicyclic) bond motifs is 1. The van der Waals surface area contributed by atoms with Crippen molar-refractivity contribution in [1.29, 1.82) is 0 Å². The van der Waals surface area contributed by atoms with Crippen molar-refractivity contribution >= 4 is 23.2 Å². The molecule has 1 N–H and O–H groups in total. The van der Waals surface area contributed by atoms with E-state index in [4.69, 9.17) is 11.6 Å². The fourth-order valence-electron chi connectivity index (χ4n) is 3.73. The molecule has 0 saturated heterocycles. The molecule has 29 heavy (non-hydrogen) atoms. The van der Waals surface area contributed by atoms with Crippen LogP contribution in [-0.2, 0) is 0 Å². The number of carbonyl (C=O) groups is 1. The van der Waals surface area contributed by atoms with E-state index in [1.165, 1.54) is 12.1 Å². The van der Waals surface area contributed by atoms with E-state index in [2.05, 4.69) is 10.2 Å². The topological polar surface area (TPSA) is 92.1 Å². The van der Waals surface area contributed by atoms with Gasteiger partial charge >= 0.3 is 0 Å².